The van der Waals surface area contributed by atoms with Crippen molar-refractivity contribution in [3.05, 3.63) is 66.2 Å². The van der Waals surface area contributed by atoms with E-state index in [1.165, 1.54) is 12.1 Å². The number of carboxylic acid groups (broad SMARTS) is 1. The van der Waals surface area contributed by atoms with Gasteiger partial charge in [0.2, 0.25) is 5.88 Å². The van der Waals surface area contributed by atoms with E-state index in [-0.39, 0.29) is 11.6 Å². The Morgan fingerprint density at radius 3 is 2.67 bits per heavy atom. The molecule has 0 fully saturated rings. The van der Waals surface area contributed by atoms with Gasteiger partial charge in [-0.3, -0.25) is 4.90 Å². The van der Waals surface area contributed by atoms with Crippen LogP contribution in [-0.4, -0.2) is 42.4 Å². The number of aromatic carboxylic acids is 1. The van der Waals surface area contributed by atoms with Crippen LogP contribution in [0.4, 0.5) is 16.2 Å². The van der Waals surface area contributed by atoms with E-state index in [1.54, 1.807) is 60.5 Å². The molecule has 4 rings (SSSR count). The molecule has 2 amide bonds. The fourth-order valence-corrected chi connectivity index (χ4v) is 3.15. The molecule has 8 nitrogen and oxygen atoms in total. The van der Waals surface area contributed by atoms with Crippen LogP contribution in [0.5, 0.6) is 11.6 Å². The molecule has 2 heterocycles. The second-order valence-corrected chi connectivity index (χ2v) is 6.57. The van der Waals surface area contributed by atoms with Crippen LogP contribution >= 0.6 is 0 Å². The van der Waals surface area contributed by atoms with E-state index in [4.69, 9.17) is 14.6 Å². The van der Waals surface area contributed by atoms with Crippen molar-refractivity contribution in [2.45, 2.75) is 0 Å². The Kier molecular flexibility index (Phi) is 5.21. The molecule has 3 aromatic rings. The van der Waals surface area contributed by atoms with Gasteiger partial charge < -0.3 is 19.9 Å². The number of carbonyl (C=O) groups is 2. The maximum Gasteiger partial charge on any atom is 0.335 e. The maximum absolute atomic E-state index is 12.8. The lowest BCUT2D eigenvalue weighted by Crippen LogP contribution is -2.41. The predicted molar refractivity (Wildman–Crippen MR) is 111 cm³/mol. The molecule has 0 spiro atoms. The number of rotatable bonds is 4. The van der Waals surface area contributed by atoms with Crippen molar-refractivity contribution in [2.75, 3.05) is 30.5 Å². The van der Waals surface area contributed by atoms with Crippen molar-refractivity contribution in [3.8, 4) is 22.9 Å². The quantitative estimate of drug-likeness (QED) is 0.683. The molecule has 1 aliphatic heterocycles. The highest BCUT2D eigenvalue weighted by atomic mass is 16.5. The Morgan fingerprint density at radius 1 is 1.13 bits per heavy atom. The normalized spacial score (nSPS) is 12.5. The van der Waals surface area contributed by atoms with Crippen LogP contribution in [0, 0.1) is 0 Å². The summed E-state index contributed by atoms with van der Waals surface area (Å²) >= 11 is 0. The van der Waals surface area contributed by atoms with Crippen molar-refractivity contribution < 1.29 is 24.2 Å². The van der Waals surface area contributed by atoms with Crippen LogP contribution in [0.2, 0.25) is 0 Å². The van der Waals surface area contributed by atoms with Gasteiger partial charge in [-0.15, -0.1) is 0 Å². The molecule has 8 heteroatoms. The molecular weight excluding hydrogens is 386 g/mol. The molecular formula is C22H19N3O5. The number of carboxylic acids is 1. The number of hydrogen-bond donors (Lipinski definition) is 2. The summed E-state index contributed by atoms with van der Waals surface area (Å²) in [5.74, 6) is 0.0122. The predicted octanol–water partition coefficient (Wildman–Crippen LogP) is 3.89. The van der Waals surface area contributed by atoms with Gasteiger partial charge >= 0.3 is 12.0 Å². The van der Waals surface area contributed by atoms with Crippen LogP contribution in [0.15, 0.2) is 60.7 Å². The molecule has 0 atom stereocenters. The molecule has 0 saturated carbocycles. The van der Waals surface area contributed by atoms with E-state index in [0.717, 1.165) is 5.56 Å². The molecule has 0 unspecified atom stereocenters. The Morgan fingerprint density at radius 2 is 1.93 bits per heavy atom. The summed E-state index contributed by atoms with van der Waals surface area (Å²) in [4.78, 5) is 29.9. The fraction of sp³-hybridized carbons (Fsp3) is 0.136. The Hall–Kier alpha value is -4.07. The highest BCUT2D eigenvalue weighted by molar-refractivity contribution is 6.03. The molecule has 1 aromatic heterocycles. The van der Waals surface area contributed by atoms with Gasteiger partial charge in [0, 0.05) is 17.3 Å². The minimum atomic E-state index is -0.985. The standard InChI is InChI=1S/C22H19N3O5/c1-29-17-4-2-3-16(13-17)23-22(28)25-11-12-30-20-19(25)10-9-18(24-20)14-5-7-15(8-6-14)21(26)27/h2-10,13H,11-12H2,1H3,(H,23,28)(H,26,27). The number of carbonyl (C=O) groups excluding carboxylic acids is 1. The number of aromatic nitrogens is 1. The molecule has 2 N–H and O–H groups in total. The number of fused-ring (bicyclic) bond motifs is 1. The molecule has 0 aliphatic carbocycles. The van der Waals surface area contributed by atoms with Crippen molar-refractivity contribution in [1.29, 1.82) is 0 Å². The first-order valence-electron chi connectivity index (χ1n) is 9.25. The smallest absolute Gasteiger partial charge is 0.335 e. The third kappa shape index (κ3) is 3.88. The second-order valence-electron chi connectivity index (χ2n) is 6.57. The van der Waals surface area contributed by atoms with E-state index >= 15 is 0 Å². The lowest BCUT2D eigenvalue weighted by molar-refractivity contribution is 0.0697. The summed E-state index contributed by atoms with van der Waals surface area (Å²) in [5, 5.41) is 11.9. The zero-order valence-corrected chi connectivity index (χ0v) is 16.2. The molecule has 1 aliphatic rings. The van der Waals surface area contributed by atoms with Crippen molar-refractivity contribution in [3.63, 3.8) is 0 Å². The van der Waals surface area contributed by atoms with Crippen LogP contribution in [0.1, 0.15) is 10.4 Å². The second kappa shape index (κ2) is 8.12. The zero-order valence-electron chi connectivity index (χ0n) is 16.2. The summed E-state index contributed by atoms with van der Waals surface area (Å²) in [5.41, 5.74) is 2.77. The number of nitrogens with zero attached hydrogens (tertiary/aromatic N) is 2. The largest absolute Gasteiger partial charge is 0.497 e. The summed E-state index contributed by atoms with van der Waals surface area (Å²) < 4.78 is 10.9. The van der Waals surface area contributed by atoms with Gasteiger partial charge in [-0.2, -0.15) is 0 Å². The van der Waals surface area contributed by atoms with E-state index in [2.05, 4.69) is 10.3 Å². The summed E-state index contributed by atoms with van der Waals surface area (Å²) in [6.07, 6.45) is 0. The highest BCUT2D eigenvalue weighted by Crippen LogP contribution is 2.33. The average molecular weight is 405 g/mol. The maximum atomic E-state index is 12.8. The molecule has 0 bridgehead atoms. The van der Waals surface area contributed by atoms with Crippen molar-refractivity contribution in [1.82, 2.24) is 4.98 Å². The number of benzene rings is 2. The average Bonchev–Trinajstić information content (AvgIpc) is 2.78. The number of amides is 2. The SMILES string of the molecule is COc1cccc(NC(=O)N2CCOc3nc(-c4ccc(C(=O)O)cc4)ccc32)c1. The van der Waals surface area contributed by atoms with Crippen LogP contribution in [-0.2, 0) is 0 Å². The minimum absolute atomic E-state index is 0.202. The number of methoxy groups -OCH3 is 1. The number of urea groups is 1. The van der Waals surface area contributed by atoms with Gasteiger partial charge in [0.25, 0.3) is 0 Å². The first-order valence-corrected chi connectivity index (χ1v) is 9.25. The molecule has 2 aromatic carbocycles. The third-order valence-electron chi connectivity index (χ3n) is 4.68. The molecule has 0 radical (unpaired) electrons. The van der Waals surface area contributed by atoms with Gasteiger partial charge in [0.05, 0.1) is 24.9 Å². The third-order valence-corrected chi connectivity index (χ3v) is 4.68. The van der Waals surface area contributed by atoms with Crippen molar-refractivity contribution >= 4 is 23.4 Å². The molecule has 0 saturated heterocycles. The van der Waals surface area contributed by atoms with Crippen LogP contribution in [0.3, 0.4) is 0 Å². The Balaban J connectivity index is 1.56. The molecule has 30 heavy (non-hydrogen) atoms. The monoisotopic (exact) mass is 405 g/mol. The Labute approximate surface area is 172 Å². The molecule has 152 valence electrons. The summed E-state index contributed by atoms with van der Waals surface area (Å²) in [6.45, 7) is 0.698. The first-order chi connectivity index (χ1) is 14.5. The minimum Gasteiger partial charge on any atom is -0.497 e. The fourth-order valence-electron chi connectivity index (χ4n) is 3.15. The van der Waals surface area contributed by atoms with E-state index in [9.17, 15) is 9.59 Å². The van der Waals surface area contributed by atoms with Gasteiger partial charge in [0.15, 0.2) is 0 Å². The van der Waals surface area contributed by atoms with E-state index in [0.29, 0.717) is 41.8 Å². The first kappa shape index (κ1) is 19.3. The highest BCUT2D eigenvalue weighted by Gasteiger charge is 2.25. The number of nitrogens with one attached hydrogen (secondary N) is 1. The van der Waals surface area contributed by atoms with E-state index in [1.807, 2.05) is 0 Å². The number of anilines is 2. The van der Waals surface area contributed by atoms with E-state index < -0.39 is 5.97 Å². The topological polar surface area (TPSA) is 101 Å². The van der Waals surface area contributed by atoms with Gasteiger partial charge in [-0.1, -0.05) is 18.2 Å². The summed E-state index contributed by atoms with van der Waals surface area (Å²) in [7, 11) is 1.57. The lowest BCUT2D eigenvalue weighted by Gasteiger charge is -2.29. The number of ether oxygens (including phenoxy) is 2. The van der Waals surface area contributed by atoms with Gasteiger partial charge in [-0.05, 0) is 36.4 Å². The van der Waals surface area contributed by atoms with Crippen molar-refractivity contribution in [2.24, 2.45) is 0 Å². The van der Waals surface area contributed by atoms with Gasteiger partial charge in [-0.25, -0.2) is 14.6 Å². The number of pyridine rings is 1. The summed E-state index contributed by atoms with van der Waals surface area (Å²) in [6, 6.07) is 16.8. The van der Waals surface area contributed by atoms with Crippen LogP contribution < -0.4 is 19.7 Å². The number of hydrogen-bond acceptors (Lipinski definition) is 5. The zero-order chi connectivity index (χ0) is 21.1. The van der Waals surface area contributed by atoms with Crippen LogP contribution in [0.25, 0.3) is 11.3 Å². The lowest BCUT2D eigenvalue weighted by atomic mass is 10.1. The Bertz CT molecular complexity index is 1100. The van der Waals surface area contributed by atoms with Gasteiger partial charge in [0.1, 0.15) is 18.0 Å².